The first kappa shape index (κ1) is 19.3. The first-order chi connectivity index (χ1) is 10.8. The molecule has 0 spiro atoms. The van der Waals surface area contributed by atoms with Crippen molar-refractivity contribution in [2.45, 2.75) is 64.2 Å². The molecule has 0 aromatic heterocycles. The lowest BCUT2D eigenvalue weighted by Crippen LogP contribution is -1.94. The van der Waals surface area contributed by atoms with Crippen molar-refractivity contribution in [3.8, 4) is 11.5 Å². The van der Waals surface area contributed by atoms with Gasteiger partial charge < -0.3 is 9.47 Å². The highest BCUT2D eigenvalue weighted by molar-refractivity contribution is 9.09. The van der Waals surface area contributed by atoms with E-state index in [1.54, 1.807) is 14.2 Å². The van der Waals surface area contributed by atoms with Crippen LogP contribution in [0.25, 0.3) is 0 Å². The topological polar surface area (TPSA) is 18.5 Å². The summed E-state index contributed by atoms with van der Waals surface area (Å²) in [6, 6.07) is 6.06. The van der Waals surface area contributed by atoms with Crippen LogP contribution in [0, 0.1) is 0 Å². The van der Waals surface area contributed by atoms with Crippen molar-refractivity contribution in [3.63, 3.8) is 0 Å². The van der Waals surface area contributed by atoms with Crippen molar-refractivity contribution in [2.75, 3.05) is 19.5 Å². The molecule has 126 valence electrons. The van der Waals surface area contributed by atoms with Crippen LogP contribution < -0.4 is 9.47 Å². The third-order valence-electron chi connectivity index (χ3n) is 4.07. The number of alkyl halides is 1. The molecule has 0 unspecified atom stereocenters. The fourth-order valence-electron chi connectivity index (χ4n) is 2.72. The lowest BCUT2D eigenvalue weighted by Gasteiger charge is -2.10. The molecule has 0 N–H and O–H groups in total. The smallest absolute Gasteiger partial charge is 0.122 e. The molecule has 0 aliphatic heterocycles. The summed E-state index contributed by atoms with van der Waals surface area (Å²) >= 11 is 3.48. The molecule has 0 atom stereocenters. The van der Waals surface area contributed by atoms with Crippen molar-refractivity contribution in [1.82, 2.24) is 0 Å². The predicted molar refractivity (Wildman–Crippen MR) is 98.6 cm³/mol. The normalized spacial score (nSPS) is 10.7. The lowest BCUT2D eigenvalue weighted by atomic mass is 10.0. The van der Waals surface area contributed by atoms with Gasteiger partial charge in [0.25, 0.3) is 0 Å². The monoisotopic (exact) mass is 370 g/mol. The maximum absolute atomic E-state index is 5.43. The van der Waals surface area contributed by atoms with E-state index in [2.05, 4.69) is 22.0 Å². The number of ether oxygens (including phenoxy) is 2. The Morgan fingerprint density at radius 1 is 0.773 bits per heavy atom. The van der Waals surface area contributed by atoms with E-state index in [4.69, 9.17) is 9.47 Å². The Morgan fingerprint density at radius 3 is 1.91 bits per heavy atom. The Labute approximate surface area is 144 Å². The summed E-state index contributed by atoms with van der Waals surface area (Å²) in [6.07, 6.45) is 13.2. The predicted octanol–water partition coefficient (Wildman–Crippen LogP) is 6.15. The summed E-state index contributed by atoms with van der Waals surface area (Å²) in [5, 5.41) is 1.15. The molecular weight excluding hydrogens is 340 g/mol. The van der Waals surface area contributed by atoms with Crippen molar-refractivity contribution in [3.05, 3.63) is 23.8 Å². The molecule has 0 bridgehead atoms. The molecule has 0 heterocycles. The molecule has 1 aromatic rings. The highest BCUT2D eigenvalue weighted by Crippen LogP contribution is 2.25. The molecular formula is C19H31BrO2. The fourth-order valence-corrected chi connectivity index (χ4v) is 3.12. The van der Waals surface area contributed by atoms with E-state index in [-0.39, 0.29) is 0 Å². The van der Waals surface area contributed by atoms with Crippen LogP contribution in [-0.2, 0) is 6.42 Å². The van der Waals surface area contributed by atoms with Crippen LogP contribution in [0.1, 0.15) is 63.4 Å². The van der Waals surface area contributed by atoms with Gasteiger partial charge in [-0.2, -0.15) is 0 Å². The highest BCUT2D eigenvalue weighted by Gasteiger charge is 2.04. The van der Waals surface area contributed by atoms with Crippen LogP contribution in [-0.4, -0.2) is 19.5 Å². The minimum atomic E-state index is 0.916. The summed E-state index contributed by atoms with van der Waals surface area (Å²) in [4.78, 5) is 0. The number of methoxy groups -OCH3 is 2. The van der Waals surface area contributed by atoms with Crippen molar-refractivity contribution in [1.29, 1.82) is 0 Å². The largest absolute Gasteiger partial charge is 0.497 e. The number of benzene rings is 1. The van der Waals surface area contributed by atoms with Gasteiger partial charge in [0.2, 0.25) is 0 Å². The van der Waals surface area contributed by atoms with Crippen molar-refractivity contribution < 1.29 is 9.47 Å². The second kappa shape index (κ2) is 12.8. The minimum absolute atomic E-state index is 0.916. The molecule has 0 aliphatic carbocycles. The van der Waals surface area contributed by atoms with E-state index in [0.717, 1.165) is 23.2 Å². The van der Waals surface area contributed by atoms with Gasteiger partial charge in [-0.1, -0.05) is 60.9 Å². The number of unbranched alkanes of at least 4 members (excludes halogenated alkanes) is 8. The Balaban J connectivity index is 2.11. The standard InChI is InChI=1S/C19H31BrO2/c1-21-18-13-14-19(22-2)17(16-18)12-10-8-6-4-3-5-7-9-11-15-20/h13-14,16H,3-12,15H2,1-2H3. The third kappa shape index (κ3) is 8.07. The zero-order chi connectivity index (χ0) is 16.0. The summed E-state index contributed by atoms with van der Waals surface area (Å²) in [5.41, 5.74) is 1.26. The molecule has 1 aromatic carbocycles. The van der Waals surface area contributed by atoms with Crippen molar-refractivity contribution >= 4 is 15.9 Å². The van der Waals surface area contributed by atoms with Gasteiger partial charge in [-0.3, -0.25) is 0 Å². The first-order valence-corrected chi connectivity index (χ1v) is 9.71. The summed E-state index contributed by atoms with van der Waals surface area (Å²) < 4.78 is 10.7. The van der Waals surface area contributed by atoms with Gasteiger partial charge in [0, 0.05) is 5.33 Å². The number of halogens is 1. The van der Waals surface area contributed by atoms with E-state index >= 15 is 0 Å². The Morgan fingerprint density at radius 2 is 1.36 bits per heavy atom. The molecule has 1 rings (SSSR count). The minimum Gasteiger partial charge on any atom is -0.497 e. The van der Waals surface area contributed by atoms with Gasteiger partial charge in [0.05, 0.1) is 14.2 Å². The summed E-state index contributed by atoms with van der Waals surface area (Å²) in [7, 11) is 3.45. The fraction of sp³-hybridized carbons (Fsp3) is 0.684. The summed E-state index contributed by atoms with van der Waals surface area (Å²) in [5.74, 6) is 1.90. The Bertz CT molecular complexity index is 393. The van der Waals surface area contributed by atoms with Crippen LogP contribution in [0.4, 0.5) is 0 Å². The van der Waals surface area contributed by atoms with Crippen LogP contribution in [0.2, 0.25) is 0 Å². The van der Waals surface area contributed by atoms with E-state index in [1.807, 2.05) is 12.1 Å². The molecule has 3 heteroatoms. The van der Waals surface area contributed by atoms with Gasteiger partial charge in [0.15, 0.2) is 0 Å². The van der Waals surface area contributed by atoms with Crippen LogP contribution in [0.5, 0.6) is 11.5 Å². The molecule has 0 amide bonds. The third-order valence-corrected chi connectivity index (χ3v) is 4.63. The molecule has 2 nitrogen and oxygen atoms in total. The molecule has 0 fully saturated rings. The molecule has 22 heavy (non-hydrogen) atoms. The molecule has 0 saturated heterocycles. The van der Waals surface area contributed by atoms with E-state index < -0.39 is 0 Å². The van der Waals surface area contributed by atoms with E-state index in [0.29, 0.717) is 0 Å². The molecule has 0 aliphatic rings. The zero-order valence-electron chi connectivity index (χ0n) is 14.2. The molecule has 0 radical (unpaired) electrons. The first-order valence-electron chi connectivity index (χ1n) is 8.58. The lowest BCUT2D eigenvalue weighted by molar-refractivity contribution is 0.398. The number of aryl methyl sites for hydroxylation is 1. The Hall–Kier alpha value is -0.700. The van der Waals surface area contributed by atoms with Crippen LogP contribution in [0.15, 0.2) is 18.2 Å². The quantitative estimate of drug-likeness (QED) is 0.306. The van der Waals surface area contributed by atoms with Crippen LogP contribution in [0.3, 0.4) is 0 Å². The van der Waals surface area contributed by atoms with E-state index in [1.165, 1.54) is 63.4 Å². The van der Waals surface area contributed by atoms with Gasteiger partial charge in [-0.25, -0.2) is 0 Å². The Kier molecular flexibility index (Phi) is 11.3. The number of hydrogen-bond acceptors (Lipinski definition) is 2. The number of hydrogen-bond donors (Lipinski definition) is 0. The average molecular weight is 371 g/mol. The van der Waals surface area contributed by atoms with E-state index in [9.17, 15) is 0 Å². The maximum atomic E-state index is 5.43. The SMILES string of the molecule is COc1ccc(OC)c(CCCCCCCCCCCBr)c1. The second-order valence-corrected chi connectivity index (χ2v) is 6.59. The van der Waals surface area contributed by atoms with Gasteiger partial charge in [0.1, 0.15) is 11.5 Å². The molecule has 0 saturated carbocycles. The van der Waals surface area contributed by atoms with Crippen molar-refractivity contribution in [2.24, 2.45) is 0 Å². The zero-order valence-corrected chi connectivity index (χ0v) is 15.8. The van der Waals surface area contributed by atoms with Gasteiger partial charge in [-0.05, 0) is 43.0 Å². The average Bonchev–Trinajstić information content (AvgIpc) is 2.56. The second-order valence-electron chi connectivity index (χ2n) is 5.80. The highest BCUT2D eigenvalue weighted by atomic mass is 79.9. The van der Waals surface area contributed by atoms with Gasteiger partial charge >= 0.3 is 0 Å². The number of rotatable bonds is 13. The van der Waals surface area contributed by atoms with Gasteiger partial charge in [-0.15, -0.1) is 0 Å². The maximum Gasteiger partial charge on any atom is 0.122 e. The van der Waals surface area contributed by atoms with Crippen LogP contribution >= 0.6 is 15.9 Å². The summed E-state index contributed by atoms with van der Waals surface area (Å²) in [6.45, 7) is 0.